The van der Waals surface area contributed by atoms with Crippen molar-refractivity contribution in [2.75, 3.05) is 17.6 Å². The predicted molar refractivity (Wildman–Crippen MR) is 63.7 cm³/mol. The van der Waals surface area contributed by atoms with Gasteiger partial charge in [-0.1, -0.05) is 13.3 Å². The van der Waals surface area contributed by atoms with Crippen LogP contribution in [0, 0.1) is 5.41 Å². The van der Waals surface area contributed by atoms with Gasteiger partial charge in [0.15, 0.2) is 0 Å². The summed E-state index contributed by atoms with van der Waals surface area (Å²) in [6.45, 7) is 3.30. The topological polar surface area (TPSA) is 50.9 Å². The maximum absolute atomic E-state index is 5.82. The molecule has 0 aromatic carbocycles. The number of rotatable bonds is 5. The molecule has 1 aliphatic rings. The standard InChI is InChI=1S/C12H19N3/c1-2-4-12(5-6-12)9-15-11-3-7-14-8-10(11)13/h3,7-8H,2,4-6,9,13H2,1H3,(H,14,15). The van der Waals surface area contributed by atoms with E-state index in [2.05, 4.69) is 17.2 Å². The number of nitrogens with two attached hydrogens (primary N) is 1. The Labute approximate surface area is 91.1 Å². The molecule has 0 atom stereocenters. The van der Waals surface area contributed by atoms with E-state index in [0.717, 1.165) is 17.9 Å². The summed E-state index contributed by atoms with van der Waals surface area (Å²) in [6.07, 6.45) is 8.79. The van der Waals surface area contributed by atoms with E-state index in [1.165, 1.54) is 25.7 Å². The summed E-state index contributed by atoms with van der Waals surface area (Å²) in [5.74, 6) is 0. The van der Waals surface area contributed by atoms with Gasteiger partial charge in [-0.15, -0.1) is 0 Å². The zero-order valence-corrected chi connectivity index (χ0v) is 9.29. The highest BCUT2D eigenvalue weighted by molar-refractivity contribution is 5.64. The van der Waals surface area contributed by atoms with Crippen molar-refractivity contribution < 1.29 is 0 Å². The number of nitrogens with one attached hydrogen (secondary N) is 1. The van der Waals surface area contributed by atoms with Crippen molar-refractivity contribution in [3.05, 3.63) is 18.5 Å². The predicted octanol–water partition coefficient (Wildman–Crippen LogP) is 2.66. The molecule has 0 unspecified atom stereocenters. The van der Waals surface area contributed by atoms with E-state index in [-0.39, 0.29) is 0 Å². The van der Waals surface area contributed by atoms with Crippen LogP contribution < -0.4 is 11.1 Å². The molecular weight excluding hydrogens is 186 g/mol. The summed E-state index contributed by atoms with van der Waals surface area (Å²) in [4.78, 5) is 3.98. The Bertz CT molecular complexity index is 331. The second-order valence-corrected chi connectivity index (χ2v) is 4.57. The van der Waals surface area contributed by atoms with Crippen molar-refractivity contribution in [1.82, 2.24) is 4.98 Å². The van der Waals surface area contributed by atoms with Crippen molar-refractivity contribution in [2.45, 2.75) is 32.6 Å². The largest absolute Gasteiger partial charge is 0.396 e. The molecule has 3 heteroatoms. The van der Waals surface area contributed by atoms with E-state index in [0.29, 0.717) is 5.41 Å². The number of hydrogen-bond acceptors (Lipinski definition) is 3. The van der Waals surface area contributed by atoms with E-state index in [1.54, 1.807) is 12.4 Å². The first-order valence-corrected chi connectivity index (χ1v) is 5.69. The molecule has 0 aliphatic heterocycles. The smallest absolute Gasteiger partial charge is 0.0736 e. The summed E-state index contributed by atoms with van der Waals surface area (Å²) >= 11 is 0. The molecule has 3 nitrogen and oxygen atoms in total. The van der Waals surface area contributed by atoms with Crippen LogP contribution in [0.15, 0.2) is 18.5 Å². The van der Waals surface area contributed by atoms with E-state index < -0.39 is 0 Å². The van der Waals surface area contributed by atoms with Gasteiger partial charge < -0.3 is 11.1 Å². The van der Waals surface area contributed by atoms with E-state index in [9.17, 15) is 0 Å². The molecule has 1 aromatic rings. The molecule has 0 amide bonds. The van der Waals surface area contributed by atoms with Gasteiger partial charge in [-0.25, -0.2) is 0 Å². The summed E-state index contributed by atoms with van der Waals surface area (Å²) in [7, 11) is 0. The van der Waals surface area contributed by atoms with E-state index in [4.69, 9.17) is 5.73 Å². The summed E-state index contributed by atoms with van der Waals surface area (Å²) < 4.78 is 0. The zero-order chi connectivity index (χ0) is 10.7. The number of nitrogen functional groups attached to an aromatic ring is 1. The van der Waals surface area contributed by atoms with Crippen LogP contribution in [0.2, 0.25) is 0 Å². The lowest BCUT2D eigenvalue weighted by Crippen LogP contribution is -2.15. The number of aromatic nitrogens is 1. The molecule has 1 saturated carbocycles. The third-order valence-electron chi connectivity index (χ3n) is 3.24. The highest BCUT2D eigenvalue weighted by Crippen LogP contribution is 2.49. The van der Waals surface area contributed by atoms with Crippen LogP contribution in [0.1, 0.15) is 32.6 Å². The summed E-state index contributed by atoms with van der Waals surface area (Å²) in [5.41, 5.74) is 8.14. The molecule has 82 valence electrons. The van der Waals surface area contributed by atoms with Gasteiger partial charge in [0, 0.05) is 12.7 Å². The second-order valence-electron chi connectivity index (χ2n) is 4.57. The van der Waals surface area contributed by atoms with Gasteiger partial charge in [-0.3, -0.25) is 4.98 Å². The number of hydrogen-bond donors (Lipinski definition) is 2. The average Bonchev–Trinajstić information content (AvgIpc) is 2.98. The molecule has 1 heterocycles. The van der Waals surface area contributed by atoms with Gasteiger partial charge in [0.25, 0.3) is 0 Å². The fraction of sp³-hybridized carbons (Fsp3) is 0.583. The number of pyridine rings is 1. The minimum atomic E-state index is 0.560. The molecule has 0 bridgehead atoms. The van der Waals surface area contributed by atoms with Crippen LogP contribution >= 0.6 is 0 Å². The van der Waals surface area contributed by atoms with Gasteiger partial charge in [0.05, 0.1) is 17.6 Å². The molecule has 2 rings (SSSR count). The Morgan fingerprint density at radius 3 is 2.93 bits per heavy atom. The second kappa shape index (κ2) is 4.09. The van der Waals surface area contributed by atoms with Crippen LogP contribution in [0.25, 0.3) is 0 Å². The monoisotopic (exact) mass is 205 g/mol. The van der Waals surface area contributed by atoms with Crippen LogP contribution in [-0.2, 0) is 0 Å². The van der Waals surface area contributed by atoms with Crippen LogP contribution in [0.5, 0.6) is 0 Å². The lowest BCUT2D eigenvalue weighted by atomic mass is 10.0. The van der Waals surface area contributed by atoms with Crippen molar-refractivity contribution in [3.63, 3.8) is 0 Å². The quantitative estimate of drug-likeness (QED) is 0.777. The molecule has 1 aromatic heterocycles. The molecule has 3 N–H and O–H groups in total. The maximum Gasteiger partial charge on any atom is 0.0736 e. The lowest BCUT2D eigenvalue weighted by Gasteiger charge is -2.16. The third kappa shape index (κ3) is 2.41. The fourth-order valence-electron chi connectivity index (χ4n) is 2.07. The Morgan fingerprint density at radius 2 is 2.33 bits per heavy atom. The molecule has 1 aliphatic carbocycles. The fourth-order valence-corrected chi connectivity index (χ4v) is 2.07. The third-order valence-corrected chi connectivity index (χ3v) is 3.24. The van der Waals surface area contributed by atoms with Crippen molar-refractivity contribution in [1.29, 1.82) is 0 Å². The first kappa shape index (κ1) is 10.3. The zero-order valence-electron chi connectivity index (χ0n) is 9.29. The Hall–Kier alpha value is -1.25. The highest BCUT2D eigenvalue weighted by Gasteiger charge is 2.41. The van der Waals surface area contributed by atoms with E-state index in [1.807, 2.05) is 6.07 Å². The van der Waals surface area contributed by atoms with Crippen LogP contribution in [0.4, 0.5) is 11.4 Å². The van der Waals surface area contributed by atoms with Crippen molar-refractivity contribution in [2.24, 2.45) is 5.41 Å². The van der Waals surface area contributed by atoms with Gasteiger partial charge in [0.1, 0.15) is 0 Å². The normalized spacial score (nSPS) is 17.4. The Kier molecular flexibility index (Phi) is 2.80. The van der Waals surface area contributed by atoms with E-state index >= 15 is 0 Å². The van der Waals surface area contributed by atoms with Crippen molar-refractivity contribution >= 4 is 11.4 Å². The lowest BCUT2D eigenvalue weighted by molar-refractivity contribution is 0.486. The molecular formula is C12H19N3. The molecule has 0 spiro atoms. The number of anilines is 2. The Morgan fingerprint density at radius 1 is 1.53 bits per heavy atom. The first-order valence-electron chi connectivity index (χ1n) is 5.69. The average molecular weight is 205 g/mol. The SMILES string of the molecule is CCCC1(CNc2ccncc2N)CC1. The minimum absolute atomic E-state index is 0.560. The van der Waals surface area contributed by atoms with Crippen LogP contribution in [0.3, 0.4) is 0 Å². The van der Waals surface area contributed by atoms with Crippen molar-refractivity contribution in [3.8, 4) is 0 Å². The molecule has 15 heavy (non-hydrogen) atoms. The highest BCUT2D eigenvalue weighted by atomic mass is 14.9. The van der Waals surface area contributed by atoms with Gasteiger partial charge in [-0.05, 0) is 30.7 Å². The summed E-state index contributed by atoms with van der Waals surface area (Å²) in [6, 6.07) is 1.94. The molecule has 0 radical (unpaired) electrons. The molecule has 1 fully saturated rings. The first-order chi connectivity index (χ1) is 7.26. The van der Waals surface area contributed by atoms with Gasteiger partial charge >= 0.3 is 0 Å². The molecule has 0 saturated heterocycles. The Balaban J connectivity index is 1.91. The van der Waals surface area contributed by atoms with Crippen LogP contribution in [-0.4, -0.2) is 11.5 Å². The number of nitrogens with zero attached hydrogens (tertiary/aromatic N) is 1. The maximum atomic E-state index is 5.82. The van der Waals surface area contributed by atoms with Gasteiger partial charge in [-0.2, -0.15) is 0 Å². The van der Waals surface area contributed by atoms with Gasteiger partial charge in [0.2, 0.25) is 0 Å². The summed E-state index contributed by atoms with van der Waals surface area (Å²) in [5, 5.41) is 3.44. The minimum Gasteiger partial charge on any atom is -0.396 e.